The molecule has 1 aromatic carbocycles. The Balaban J connectivity index is 2.49. The molecule has 6 nitrogen and oxygen atoms in total. The van der Waals surface area contributed by atoms with Crippen LogP contribution in [0.25, 0.3) is 11.3 Å². The smallest absolute Gasteiger partial charge is 0.337 e. The molecule has 6 heteroatoms. The van der Waals surface area contributed by atoms with Crippen LogP contribution in [-0.2, 0) is 6.42 Å². The quantitative estimate of drug-likeness (QED) is 0.672. The van der Waals surface area contributed by atoms with E-state index < -0.39 is 10.9 Å². The number of hydrogen-bond donors (Lipinski definition) is 1. The number of pyridine rings is 1. The molecule has 0 aliphatic rings. The van der Waals surface area contributed by atoms with E-state index in [0.717, 1.165) is 6.42 Å². The maximum atomic E-state index is 11.2. The van der Waals surface area contributed by atoms with Crippen molar-refractivity contribution < 1.29 is 14.8 Å². The van der Waals surface area contributed by atoms with E-state index in [2.05, 4.69) is 4.98 Å². The van der Waals surface area contributed by atoms with Crippen molar-refractivity contribution in [2.24, 2.45) is 0 Å². The van der Waals surface area contributed by atoms with E-state index in [1.54, 1.807) is 18.2 Å². The number of carboxylic acid groups (broad SMARTS) is 1. The number of aromatic carboxylic acids is 1. The van der Waals surface area contributed by atoms with E-state index in [1.165, 1.54) is 18.2 Å². The van der Waals surface area contributed by atoms with Crippen molar-refractivity contribution in [3.05, 3.63) is 57.8 Å². The fourth-order valence-electron chi connectivity index (χ4n) is 2.06. The minimum atomic E-state index is -1.02. The van der Waals surface area contributed by atoms with Crippen molar-refractivity contribution in [2.75, 3.05) is 0 Å². The zero-order valence-corrected chi connectivity index (χ0v) is 11.4. The SMILES string of the molecule is CCCc1nc(-c2cccc([N+](=O)[O-])c2)ccc1C(=O)O. The lowest BCUT2D eigenvalue weighted by Crippen LogP contribution is -2.05. The number of nitro groups is 1. The minimum absolute atomic E-state index is 0.0198. The Bertz CT molecular complexity index is 698. The standard InChI is InChI=1S/C15H14N2O4/c1-2-4-14-12(15(18)19)7-8-13(16-14)10-5-3-6-11(9-10)17(20)21/h3,5-9H,2,4H2,1H3,(H,18,19). The molecule has 0 atom stereocenters. The summed E-state index contributed by atoms with van der Waals surface area (Å²) in [6.45, 7) is 1.94. The second-order valence-electron chi connectivity index (χ2n) is 4.55. The molecule has 1 heterocycles. The molecule has 108 valence electrons. The summed E-state index contributed by atoms with van der Waals surface area (Å²) in [4.78, 5) is 25.8. The van der Waals surface area contributed by atoms with Crippen LogP contribution in [0.5, 0.6) is 0 Å². The molecule has 0 radical (unpaired) electrons. The third-order valence-corrected chi connectivity index (χ3v) is 3.04. The third-order valence-electron chi connectivity index (χ3n) is 3.04. The molecule has 0 aliphatic heterocycles. The summed E-state index contributed by atoms with van der Waals surface area (Å²) in [7, 11) is 0. The fraction of sp³-hybridized carbons (Fsp3) is 0.200. The van der Waals surface area contributed by atoms with Crippen molar-refractivity contribution in [1.29, 1.82) is 0 Å². The van der Waals surface area contributed by atoms with Gasteiger partial charge in [-0.1, -0.05) is 25.5 Å². The zero-order valence-electron chi connectivity index (χ0n) is 11.4. The molecule has 21 heavy (non-hydrogen) atoms. The van der Waals surface area contributed by atoms with Gasteiger partial charge in [-0.15, -0.1) is 0 Å². The average Bonchev–Trinajstić information content (AvgIpc) is 2.47. The van der Waals surface area contributed by atoms with Crippen LogP contribution in [0.2, 0.25) is 0 Å². The van der Waals surface area contributed by atoms with E-state index in [-0.39, 0.29) is 11.3 Å². The lowest BCUT2D eigenvalue weighted by molar-refractivity contribution is -0.384. The third kappa shape index (κ3) is 3.22. The lowest BCUT2D eigenvalue weighted by atomic mass is 10.1. The molecule has 1 aromatic heterocycles. The van der Waals surface area contributed by atoms with Crippen molar-refractivity contribution in [1.82, 2.24) is 4.98 Å². The number of aromatic nitrogens is 1. The van der Waals surface area contributed by atoms with Gasteiger partial charge in [0.05, 0.1) is 21.9 Å². The van der Waals surface area contributed by atoms with Gasteiger partial charge in [0.25, 0.3) is 5.69 Å². The normalized spacial score (nSPS) is 10.3. The molecule has 2 aromatic rings. The Hall–Kier alpha value is -2.76. The Morgan fingerprint density at radius 3 is 2.71 bits per heavy atom. The zero-order chi connectivity index (χ0) is 15.4. The van der Waals surface area contributed by atoms with Gasteiger partial charge in [0, 0.05) is 17.7 Å². The van der Waals surface area contributed by atoms with Crippen molar-refractivity contribution in [3.8, 4) is 11.3 Å². The van der Waals surface area contributed by atoms with Gasteiger partial charge in [-0.25, -0.2) is 4.79 Å². The molecular weight excluding hydrogens is 272 g/mol. The highest BCUT2D eigenvalue weighted by Crippen LogP contribution is 2.24. The second kappa shape index (κ2) is 6.13. The van der Waals surface area contributed by atoms with E-state index >= 15 is 0 Å². The van der Waals surface area contributed by atoms with Crippen LogP contribution in [0.4, 0.5) is 5.69 Å². The van der Waals surface area contributed by atoms with Crippen LogP contribution in [0.1, 0.15) is 29.4 Å². The van der Waals surface area contributed by atoms with Crippen LogP contribution >= 0.6 is 0 Å². The molecule has 0 amide bonds. The summed E-state index contributed by atoms with van der Waals surface area (Å²) in [5.41, 5.74) is 1.78. The topological polar surface area (TPSA) is 93.3 Å². The van der Waals surface area contributed by atoms with Crippen LogP contribution in [0.15, 0.2) is 36.4 Å². The summed E-state index contributed by atoms with van der Waals surface area (Å²) in [5, 5.41) is 19.9. The highest BCUT2D eigenvalue weighted by molar-refractivity contribution is 5.89. The van der Waals surface area contributed by atoms with Gasteiger partial charge in [0.1, 0.15) is 0 Å². The first-order chi connectivity index (χ1) is 10.0. The first-order valence-corrected chi connectivity index (χ1v) is 6.51. The molecule has 0 saturated heterocycles. The van der Waals surface area contributed by atoms with Crippen LogP contribution in [-0.4, -0.2) is 21.0 Å². The van der Waals surface area contributed by atoms with Gasteiger partial charge in [-0.05, 0) is 18.6 Å². The molecule has 0 unspecified atom stereocenters. The Kier molecular flexibility index (Phi) is 4.27. The molecule has 0 saturated carbocycles. The number of hydrogen-bond acceptors (Lipinski definition) is 4. The van der Waals surface area contributed by atoms with E-state index in [0.29, 0.717) is 23.4 Å². The molecule has 0 fully saturated rings. The summed E-state index contributed by atoms with van der Waals surface area (Å²) in [6, 6.07) is 9.20. The number of benzene rings is 1. The average molecular weight is 286 g/mol. The van der Waals surface area contributed by atoms with Gasteiger partial charge >= 0.3 is 5.97 Å². The summed E-state index contributed by atoms with van der Waals surface area (Å²) >= 11 is 0. The van der Waals surface area contributed by atoms with Crippen LogP contribution in [0.3, 0.4) is 0 Å². The molecule has 1 N–H and O–H groups in total. The highest BCUT2D eigenvalue weighted by Gasteiger charge is 2.14. The van der Waals surface area contributed by atoms with Crippen molar-refractivity contribution >= 4 is 11.7 Å². The van der Waals surface area contributed by atoms with Crippen molar-refractivity contribution in [2.45, 2.75) is 19.8 Å². The largest absolute Gasteiger partial charge is 0.478 e. The van der Waals surface area contributed by atoms with Gasteiger partial charge in [0.15, 0.2) is 0 Å². The highest BCUT2D eigenvalue weighted by atomic mass is 16.6. The predicted molar refractivity (Wildman–Crippen MR) is 77.3 cm³/mol. The Morgan fingerprint density at radius 1 is 1.33 bits per heavy atom. The maximum absolute atomic E-state index is 11.2. The lowest BCUT2D eigenvalue weighted by Gasteiger charge is -2.07. The van der Waals surface area contributed by atoms with E-state index in [1.807, 2.05) is 6.92 Å². The number of non-ortho nitro benzene ring substituents is 1. The number of nitrogens with zero attached hydrogens (tertiary/aromatic N) is 2. The monoisotopic (exact) mass is 286 g/mol. The Morgan fingerprint density at radius 2 is 2.10 bits per heavy atom. The van der Waals surface area contributed by atoms with Gasteiger partial charge < -0.3 is 5.11 Å². The van der Waals surface area contributed by atoms with E-state index in [4.69, 9.17) is 5.11 Å². The molecule has 0 aliphatic carbocycles. The van der Waals surface area contributed by atoms with Gasteiger partial charge in [-0.2, -0.15) is 0 Å². The number of aryl methyl sites for hydroxylation is 1. The Labute approximate surface area is 121 Å². The number of nitro benzene ring substituents is 1. The molecular formula is C15H14N2O4. The van der Waals surface area contributed by atoms with Crippen LogP contribution < -0.4 is 0 Å². The van der Waals surface area contributed by atoms with Crippen LogP contribution in [0, 0.1) is 10.1 Å². The fourth-order valence-corrected chi connectivity index (χ4v) is 2.06. The van der Waals surface area contributed by atoms with Gasteiger partial charge in [-0.3, -0.25) is 15.1 Å². The van der Waals surface area contributed by atoms with Gasteiger partial charge in [0.2, 0.25) is 0 Å². The predicted octanol–water partition coefficient (Wildman–Crippen LogP) is 3.31. The first-order valence-electron chi connectivity index (χ1n) is 6.51. The molecule has 0 spiro atoms. The first kappa shape index (κ1) is 14.6. The molecule has 2 rings (SSSR count). The molecule has 0 bridgehead atoms. The minimum Gasteiger partial charge on any atom is -0.478 e. The maximum Gasteiger partial charge on any atom is 0.337 e. The van der Waals surface area contributed by atoms with Crippen molar-refractivity contribution in [3.63, 3.8) is 0 Å². The summed E-state index contributed by atoms with van der Waals surface area (Å²) in [6.07, 6.45) is 1.32. The summed E-state index contributed by atoms with van der Waals surface area (Å²) in [5.74, 6) is -1.02. The summed E-state index contributed by atoms with van der Waals surface area (Å²) < 4.78 is 0. The van der Waals surface area contributed by atoms with E-state index in [9.17, 15) is 14.9 Å². The number of carbonyl (C=O) groups is 1. The number of carboxylic acids is 1. The second-order valence-corrected chi connectivity index (χ2v) is 4.55. The number of rotatable bonds is 5.